The maximum Gasteiger partial charge on any atom is 0.416 e. The van der Waals surface area contributed by atoms with E-state index >= 15 is 0 Å². The maximum atomic E-state index is 12.8. The summed E-state index contributed by atoms with van der Waals surface area (Å²) in [6, 6.07) is 9.31. The Morgan fingerprint density at radius 1 is 0.964 bits per heavy atom. The molecule has 2 aromatic carbocycles. The lowest BCUT2D eigenvalue weighted by Gasteiger charge is -2.17. The summed E-state index contributed by atoms with van der Waals surface area (Å²) in [6.07, 6.45) is -12.8. The highest BCUT2D eigenvalue weighted by Crippen LogP contribution is 2.37. The minimum absolute atomic E-state index is 0.0439. The zero-order valence-electron chi connectivity index (χ0n) is 14.1. The van der Waals surface area contributed by atoms with E-state index in [2.05, 4.69) is 5.32 Å². The molecule has 0 bridgehead atoms. The van der Waals surface area contributed by atoms with Crippen molar-refractivity contribution < 1.29 is 41.0 Å². The topological polar surface area (TPSA) is 58.6 Å². The van der Waals surface area contributed by atoms with Crippen LogP contribution in [0.2, 0.25) is 0 Å². The summed E-state index contributed by atoms with van der Waals surface area (Å²) in [5.41, 5.74) is -3.07. The Labute approximate surface area is 155 Å². The fourth-order valence-electron chi connectivity index (χ4n) is 2.24. The van der Waals surface area contributed by atoms with Crippen LogP contribution in [0.3, 0.4) is 0 Å². The number of carbonyl (C=O) groups excluding carboxylic acids is 1. The molecule has 0 saturated carbocycles. The molecule has 0 radical (unpaired) electrons. The molecule has 0 aliphatic heterocycles. The van der Waals surface area contributed by atoms with Gasteiger partial charge >= 0.3 is 18.4 Å². The van der Waals surface area contributed by atoms with Crippen molar-refractivity contribution in [3.05, 3.63) is 70.8 Å². The van der Waals surface area contributed by atoms with Crippen LogP contribution in [0.1, 0.15) is 28.4 Å². The van der Waals surface area contributed by atoms with Gasteiger partial charge in [-0.25, -0.2) is 4.79 Å². The molecule has 1 atom stereocenters. The number of hydrogen-bond acceptors (Lipinski definition) is 3. The molecule has 28 heavy (non-hydrogen) atoms. The number of carbonyl (C=O) groups is 1. The SMILES string of the molecule is O=C(NCC(O)c1cc(C(F)(F)F)cc(C(F)(F)F)c1)OCc1ccccc1. The summed E-state index contributed by atoms with van der Waals surface area (Å²) >= 11 is 0. The quantitative estimate of drug-likeness (QED) is 0.708. The standard InChI is InChI=1S/C18H15F6NO3/c19-17(20,21)13-6-12(7-14(8-13)18(22,23)24)15(26)9-25-16(27)28-10-11-4-2-1-3-5-11/h1-8,15,26H,9-10H2,(H,25,27). The third kappa shape index (κ3) is 6.15. The first-order valence-electron chi connectivity index (χ1n) is 7.89. The molecule has 2 aromatic rings. The smallest absolute Gasteiger partial charge is 0.416 e. The van der Waals surface area contributed by atoms with Crippen LogP contribution in [0.15, 0.2) is 48.5 Å². The van der Waals surface area contributed by atoms with Crippen LogP contribution in [-0.2, 0) is 23.7 Å². The Kier molecular flexibility index (Phi) is 6.55. The number of hydrogen-bond donors (Lipinski definition) is 2. The van der Waals surface area contributed by atoms with E-state index in [0.717, 1.165) is 0 Å². The number of alkyl carbamates (subject to hydrolysis) is 1. The van der Waals surface area contributed by atoms with Crippen molar-refractivity contribution in [1.29, 1.82) is 0 Å². The van der Waals surface area contributed by atoms with Crippen LogP contribution >= 0.6 is 0 Å². The van der Waals surface area contributed by atoms with Gasteiger partial charge in [-0.1, -0.05) is 30.3 Å². The lowest BCUT2D eigenvalue weighted by molar-refractivity contribution is -0.143. The molecule has 0 heterocycles. The molecular weight excluding hydrogens is 392 g/mol. The first-order valence-corrected chi connectivity index (χ1v) is 7.89. The third-order valence-electron chi connectivity index (χ3n) is 3.65. The van der Waals surface area contributed by atoms with Gasteiger partial charge in [0.1, 0.15) is 6.61 Å². The Balaban J connectivity index is 2.04. The number of halogens is 6. The minimum atomic E-state index is -5.03. The molecule has 2 N–H and O–H groups in total. The van der Waals surface area contributed by atoms with Gasteiger partial charge < -0.3 is 15.2 Å². The second-order valence-corrected chi connectivity index (χ2v) is 5.80. The zero-order chi connectivity index (χ0) is 20.9. The summed E-state index contributed by atoms with van der Waals surface area (Å²) in [4.78, 5) is 11.6. The maximum absolute atomic E-state index is 12.8. The number of alkyl halides is 6. The van der Waals surface area contributed by atoms with Gasteiger partial charge in [0.15, 0.2) is 0 Å². The molecule has 0 saturated heterocycles. The number of benzene rings is 2. The number of aliphatic hydroxyl groups excluding tert-OH is 1. The highest BCUT2D eigenvalue weighted by Gasteiger charge is 2.37. The first kappa shape index (κ1) is 21.5. The van der Waals surface area contributed by atoms with Crippen molar-refractivity contribution in [2.45, 2.75) is 25.1 Å². The molecule has 0 aliphatic rings. The summed E-state index contributed by atoms with van der Waals surface area (Å²) in [6.45, 7) is -0.725. The Bertz CT molecular complexity index is 773. The molecule has 4 nitrogen and oxygen atoms in total. The van der Waals surface area contributed by atoms with Gasteiger partial charge in [-0.05, 0) is 29.3 Å². The molecule has 0 spiro atoms. The summed E-state index contributed by atoms with van der Waals surface area (Å²) < 4.78 is 81.9. The summed E-state index contributed by atoms with van der Waals surface area (Å²) in [5.74, 6) is 0. The summed E-state index contributed by atoms with van der Waals surface area (Å²) in [5, 5.41) is 12.0. The van der Waals surface area contributed by atoms with Crippen molar-refractivity contribution in [3.8, 4) is 0 Å². The van der Waals surface area contributed by atoms with Crippen molar-refractivity contribution >= 4 is 6.09 Å². The van der Waals surface area contributed by atoms with E-state index in [4.69, 9.17) is 4.74 Å². The Morgan fingerprint density at radius 3 is 2.00 bits per heavy atom. The Morgan fingerprint density at radius 2 is 1.50 bits per heavy atom. The van der Waals surface area contributed by atoms with Gasteiger partial charge in [-0.2, -0.15) is 26.3 Å². The molecule has 2 rings (SSSR count). The van der Waals surface area contributed by atoms with Gasteiger partial charge in [0.25, 0.3) is 0 Å². The van der Waals surface area contributed by atoms with E-state index in [9.17, 15) is 36.2 Å². The average Bonchev–Trinajstić information content (AvgIpc) is 2.63. The van der Waals surface area contributed by atoms with Crippen molar-refractivity contribution in [2.75, 3.05) is 6.54 Å². The second-order valence-electron chi connectivity index (χ2n) is 5.80. The number of aliphatic hydroxyl groups is 1. The summed E-state index contributed by atoms with van der Waals surface area (Å²) in [7, 11) is 0. The molecule has 10 heteroatoms. The van der Waals surface area contributed by atoms with Gasteiger partial charge in [0.05, 0.1) is 23.8 Å². The number of ether oxygens (including phenoxy) is 1. The molecule has 152 valence electrons. The van der Waals surface area contributed by atoms with Crippen LogP contribution in [-0.4, -0.2) is 17.7 Å². The predicted octanol–water partition coefficient (Wildman–Crippen LogP) is 4.68. The van der Waals surface area contributed by atoms with Gasteiger partial charge in [0.2, 0.25) is 0 Å². The number of rotatable bonds is 5. The van der Waals surface area contributed by atoms with Crippen LogP contribution in [0.4, 0.5) is 31.1 Å². The molecule has 1 unspecified atom stereocenters. The van der Waals surface area contributed by atoms with E-state index in [1.54, 1.807) is 30.3 Å². The minimum Gasteiger partial charge on any atom is -0.445 e. The highest BCUT2D eigenvalue weighted by molar-refractivity contribution is 5.67. The van der Waals surface area contributed by atoms with E-state index in [1.165, 1.54) is 0 Å². The van der Waals surface area contributed by atoms with Crippen LogP contribution < -0.4 is 5.32 Å². The molecule has 0 fully saturated rings. The van der Waals surface area contributed by atoms with E-state index < -0.39 is 47.8 Å². The molecule has 0 aromatic heterocycles. The van der Waals surface area contributed by atoms with Crippen molar-refractivity contribution in [2.24, 2.45) is 0 Å². The average molecular weight is 407 g/mol. The van der Waals surface area contributed by atoms with Crippen molar-refractivity contribution in [1.82, 2.24) is 5.32 Å². The van der Waals surface area contributed by atoms with Crippen LogP contribution in [0.5, 0.6) is 0 Å². The predicted molar refractivity (Wildman–Crippen MR) is 86.0 cm³/mol. The van der Waals surface area contributed by atoms with Gasteiger partial charge in [-0.3, -0.25) is 0 Å². The third-order valence-corrected chi connectivity index (χ3v) is 3.65. The van der Waals surface area contributed by atoms with E-state index in [1.807, 2.05) is 0 Å². The normalized spacial score (nSPS) is 13.1. The van der Waals surface area contributed by atoms with Crippen LogP contribution in [0.25, 0.3) is 0 Å². The second kappa shape index (κ2) is 8.51. The van der Waals surface area contributed by atoms with E-state index in [0.29, 0.717) is 17.7 Å². The fourth-order valence-corrected chi connectivity index (χ4v) is 2.24. The zero-order valence-corrected chi connectivity index (χ0v) is 14.1. The Hall–Kier alpha value is -2.75. The lowest BCUT2D eigenvalue weighted by Crippen LogP contribution is -2.29. The number of nitrogens with one attached hydrogen (secondary N) is 1. The first-order chi connectivity index (χ1) is 13.0. The molecular formula is C18H15F6NO3. The lowest BCUT2D eigenvalue weighted by atomic mass is 10.0. The molecule has 0 aliphatic carbocycles. The highest BCUT2D eigenvalue weighted by atomic mass is 19.4. The van der Waals surface area contributed by atoms with Gasteiger partial charge in [-0.15, -0.1) is 0 Å². The van der Waals surface area contributed by atoms with Crippen LogP contribution in [0, 0.1) is 0 Å². The monoisotopic (exact) mass is 407 g/mol. The van der Waals surface area contributed by atoms with Gasteiger partial charge in [0, 0.05) is 0 Å². The molecule has 1 amide bonds. The van der Waals surface area contributed by atoms with E-state index in [-0.39, 0.29) is 12.7 Å². The largest absolute Gasteiger partial charge is 0.445 e. The fraction of sp³-hybridized carbons (Fsp3) is 0.278. The number of amides is 1. The van der Waals surface area contributed by atoms with Crippen molar-refractivity contribution in [3.63, 3.8) is 0 Å².